The van der Waals surface area contributed by atoms with Gasteiger partial charge in [-0.15, -0.1) is 0 Å². The fourth-order valence-corrected chi connectivity index (χ4v) is 2.99. The summed E-state index contributed by atoms with van der Waals surface area (Å²) in [6.45, 7) is 0.211. The molecular weight excluding hydrogens is 234 g/mol. The second-order valence-electron chi connectivity index (χ2n) is 5.10. The zero-order chi connectivity index (χ0) is 13.2. The third-order valence-corrected chi connectivity index (χ3v) is 3.99. The van der Waals surface area contributed by atoms with Gasteiger partial charge in [-0.25, -0.2) is 0 Å². The summed E-state index contributed by atoms with van der Waals surface area (Å²) < 4.78 is 0. The van der Waals surface area contributed by atoms with Crippen LogP contribution in [0.25, 0.3) is 11.1 Å². The highest BCUT2D eigenvalue weighted by molar-refractivity contribution is 5.76. The molecule has 0 amide bonds. The summed E-state index contributed by atoms with van der Waals surface area (Å²) in [5.41, 5.74) is 6.81. The van der Waals surface area contributed by atoms with Crippen molar-refractivity contribution in [2.75, 3.05) is 13.7 Å². The van der Waals surface area contributed by atoms with Crippen LogP contribution >= 0.6 is 0 Å². The van der Waals surface area contributed by atoms with Gasteiger partial charge in [-0.3, -0.25) is 0 Å². The third-order valence-electron chi connectivity index (χ3n) is 3.99. The minimum Gasteiger partial charge on any atom is -0.396 e. The number of rotatable bonds is 4. The van der Waals surface area contributed by atoms with E-state index >= 15 is 0 Å². The molecule has 0 fully saturated rings. The highest BCUT2D eigenvalue weighted by atomic mass is 16.3. The van der Waals surface area contributed by atoms with Gasteiger partial charge in [0.1, 0.15) is 0 Å². The van der Waals surface area contributed by atoms with Crippen LogP contribution < -0.4 is 5.32 Å². The maximum Gasteiger partial charge on any atom is 0.0449 e. The molecule has 1 unspecified atom stereocenters. The Kier molecular flexibility index (Phi) is 3.36. The second kappa shape index (κ2) is 5.16. The van der Waals surface area contributed by atoms with E-state index in [9.17, 15) is 0 Å². The maximum absolute atomic E-state index is 9.12. The number of aliphatic hydroxyl groups excluding tert-OH is 1. The van der Waals surface area contributed by atoms with Crippen LogP contribution in [0.2, 0.25) is 0 Å². The SMILES string of the molecule is CNC(CCO)c1ccc2c(c1)Cc1ccccc1-2. The predicted molar refractivity (Wildman–Crippen MR) is 78.2 cm³/mol. The smallest absolute Gasteiger partial charge is 0.0449 e. The summed E-state index contributed by atoms with van der Waals surface area (Å²) in [5.74, 6) is 0. The Labute approximate surface area is 114 Å². The van der Waals surface area contributed by atoms with Gasteiger partial charge in [-0.2, -0.15) is 0 Å². The lowest BCUT2D eigenvalue weighted by Gasteiger charge is -2.16. The lowest BCUT2D eigenvalue weighted by molar-refractivity contribution is 0.269. The quantitative estimate of drug-likeness (QED) is 0.749. The molecule has 0 saturated carbocycles. The van der Waals surface area contributed by atoms with Gasteiger partial charge in [0, 0.05) is 12.6 Å². The third kappa shape index (κ3) is 2.18. The van der Waals surface area contributed by atoms with Crippen LogP contribution in [-0.2, 0) is 6.42 Å². The van der Waals surface area contributed by atoms with E-state index < -0.39 is 0 Å². The number of benzene rings is 2. The molecule has 98 valence electrons. The Morgan fingerprint density at radius 3 is 2.68 bits per heavy atom. The highest BCUT2D eigenvalue weighted by Crippen LogP contribution is 2.37. The Morgan fingerprint density at radius 2 is 1.89 bits per heavy atom. The van der Waals surface area contributed by atoms with Gasteiger partial charge < -0.3 is 10.4 Å². The second-order valence-corrected chi connectivity index (χ2v) is 5.10. The predicted octanol–water partition coefficient (Wildman–Crippen LogP) is 2.90. The van der Waals surface area contributed by atoms with E-state index in [1.54, 1.807) is 0 Å². The average molecular weight is 253 g/mol. The molecule has 0 bridgehead atoms. The standard InChI is InChI=1S/C17H19NO/c1-18-17(8-9-19)13-6-7-16-14(11-13)10-12-4-2-3-5-15(12)16/h2-7,11,17-19H,8-10H2,1H3. The first-order valence-corrected chi connectivity index (χ1v) is 6.82. The zero-order valence-electron chi connectivity index (χ0n) is 11.2. The van der Waals surface area contributed by atoms with Crippen LogP contribution in [0, 0.1) is 0 Å². The molecule has 0 aliphatic heterocycles. The van der Waals surface area contributed by atoms with E-state index in [1.165, 1.54) is 27.8 Å². The molecular formula is C17H19NO. The van der Waals surface area contributed by atoms with E-state index in [0.717, 1.165) is 12.8 Å². The van der Waals surface area contributed by atoms with Crippen molar-refractivity contribution >= 4 is 0 Å². The van der Waals surface area contributed by atoms with Gasteiger partial charge in [0.2, 0.25) is 0 Å². The van der Waals surface area contributed by atoms with Crippen molar-refractivity contribution in [1.29, 1.82) is 0 Å². The summed E-state index contributed by atoms with van der Waals surface area (Å²) in [7, 11) is 1.95. The maximum atomic E-state index is 9.12. The number of fused-ring (bicyclic) bond motifs is 3. The van der Waals surface area contributed by atoms with Crippen LogP contribution in [-0.4, -0.2) is 18.8 Å². The van der Waals surface area contributed by atoms with Gasteiger partial charge in [0.25, 0.3) is 0 Å². The zero-order valence-corrected chi connectivity index (χ0v) is 11.2. The van der Waals surface area contributed by atoms with E-state index in [1.807, 2.05) is 7.05 Å². The molecule has 0 heterocycles. The van der Waals surface area contributed by atoms with Crippen LogP contribution in [0.4, 0.5) is 0 Å². The summed E-state index contributed by atoms with van der Waals surface area (Å²) in [5, 5.41) is 12.4. The van der Waals surface area contributed by atoms with Crippen molar-refractivity contribution in [2.45, 2.75) is 18.9 Å². The van der Waals surface area contributed by atoms with Crippen LogP contribution in [0.5, 0.6) is 0 Å². The fourth-order valence-electron chi connectivity index (χ4n) is 2.99. The lowest BCUT2D eigenvalue weighted by Crippen LogP contribution is -2.17. The Balaban J connectivity index is 1.97. The molecule has 2 aromatic carbocycles. The Hall–Kier alpha value is -1.64. The normalized spacial score (nSPS) is 14.0. The van der Waals surface area contributed by atoms with Crippen LogP contribution in [0.3, 0.4) is 0 Å². The summed E-state index contributed by atoms with van der Waals surface area (Å²) in [6.07, 6.45) is 1.77. The minimum absolute atomic E-state index is 0.211. The molecule has 2 nitrogen and oxygen atoms in total. The van der Waals surface area contributed by atoms with Gasteiger partial charge in [-0.1, -0.05) is 42.5 Å². The van der Waals surface area contributed by atoms with Crippen molar-refractivity contribution in [3.05, 3.63) is 59.2 Å². The molecule has 19 heavy (non-hydrogen) atoms. The highest BCUT2D eigenvalue weighted by Gasteiger charge is 2.19. The van der Waals surface area contributed by atoms with E-state index in [4.69, 9.17) is 5.11 Å². The molecule has 0 radical (unpaired) electrons. The summed E-state index contributed by atoms with van der Waals surface area (Å²) >= 11 is 0. The van der Waals surface area contributed by atoms with E-state index in [2.05, 4.69) is 47.8 Å². The van der Waals surface area contributed by atoms with Crippen molar-refractivity contribution < 1.29 is 5.11 Å². The Morgan fingerprint density at radius 1 is 1.11 bits per heavy atom. The molecule has 2 heteroatoms. The molecule has 0 saturated heterocycles. The van der Waals surface area contributed by atoms with Gasteiger partial charge in [0.05, 0.1) is 0 Å². The van der Waals surface area contributed by atoms with Gasteiger partial charge in [-0.05, 0) is 47.7 Å². The summed E-state index contributed by atoms with van der Waals surface area (Å²) in [6, 6.07) is 15.5. The van der Waals surface area contributed by atoms with Gasteiger partial charge in [0.15, 0.2) is 0 Å². The first-order chi connectivity index (χ1) is 9.33. The van der Waals surface area contributed by atoms with Gasteiger partial charge >= 0.3 is 0 Å². The Bertz CT molecular complexity index is 592. The topological polar surface area (TPSA) is 32.3 Å². The first-order valence-electron chi connectivity index (χ1n) is 6.82. The average Bonchev–Trinajstić information content (AvgIpc) is 2.82. The molecule has 1 atom stereocenters. The number of aliphatic hydroxyl groups is 1. The number of hydrogen-bond donors (Lipinski definition) is 2. The molecule has 2 aromatic rings. The molecule has 2 N–H and O–H groups in total. The summed E-state index contributed by atoms with van der Waals surface area (Å²) in [4.78, 5) is 0. The monoisotopic (exact) mass is 253 g/mol. The first kappa shape index (κ1) is 12.4. The molecule has 3 rings (SSSR count). The molecule has 1 aliphatic carbocycles. The molecule has 0 spiro atoms. The minimum atomic E-state index is 0.211. The van der Waals surface area contributed by atoms with Crippen molar-refractivity contribution in [1.82, 2.24) is 5.32 Å². The fraction of sp³-hybridized carbons (Fsp3) is 0.294. The van der Waals surface area contributed by atoms with Crippen LogP contribution in [0.1, 0.15) is 29.2 Å². The largest absolute Gasteiger partial charge is 0.396 e. The van der Waals surface area contributed by atoms with Crippen LogP contribution in [0.15, 0.2) is 42.5 Å². The van der Waals surface area contributed by atoms with Crippen molar-refractivity contribution in [3.8, 4) is 11.1 Å². The number of nitrogens with one attached hydrogen (secondary N) is 1. The lowest BCUT2D eigenvalue weighted by atomic mass is 9.98. The van der Waals surface area contributed by atoms with Crippen molar-refractivity contribution in [2.24, 2.45) is 0 Å². The molecule has 1 aliphatic rings. The van der Waals surface area contributed by atoms with Crippen molar-refractivity contribution in [3.63, 3.8) is 0 Å². The van der Waals surface area contributed by atoms with E-state index in [0.29, 0.717) is 0 Å². The van der Waals surface area contributed by atoms with E-state index in [-0.39, 0.29) is 12.6 Å². The molecule has 0 aromatic heterocycles. The number of hydrogen-bond acceptors (Lipinski definition) is 2.